The molecule has 1 atom stereocenters. The van der Waals surface area contributed by atoms with E-state index in [1.54, 1.807) is 13.8 Å². The number of ether oxygens (including phenoxy) is 2. The van der Waals surface area contributed by atoms with Gasteiger partial charge >= 0.3 is 0 Å². The van der Waals surface area contributed by atoms with Gasteiger partial charge in [-0.3, -0.25) is 14.6 Å². The van der Waals surface area contributed by atoms with E-state index in [1.807, 2.05) is 11.0 Å². The molecule has 1 aromatic rings. The van der Waals surface area contributed by atoms with Gasteiger partial charge in [-0.05, 0) is 44.4 Å². The second kappa shape index (κ2) is 7.89. The molecule has 154 valence electrons. The minimum Gasteiger partial charge on any atom is -0.454 e. The SMILES string of the molecule is CC(C)(N)C(=O)N1CCCC(N2CCN(Cc3ccc4c(c3)OCO4)CC2)C1. The third kappa shape index (κ3) is 4.26. The van der Waals surface area contributed by atoms with Crippen LogP contribution in [0.4, 0.5) is 0 Å². The number of likely N-dealkylation sites (tertiary alicyclic amines) is 1. The van der Waals surface area contributed by atoms with E-state index in [9.17, 15) is 4.79 Å². The maximum atomic E-state index is 12.5. The first-order chi connectivity index (χ1) is 13.4. The molecular formula is C21H32N4O3. The molecule has 0 aliphatic carbocycles. The number of piperazine rings is 1. The van der Waals surface area contributed by atoms with Crippen LogP contribution < -0.4 is 15.2 Å². The van der Waals surface area contributed by atoms with Crippen molar-refractivity contribution in [2.45, 2.75) is 44.8 Å². The van der Waals surface area contributed by atoms with Gasteiger partial charge in [0.15, 0.2) is 11.5 Å². The van der Waals surface area contributed by atoms with Crippen molar-refractivity contribution in [3.63, 3.8) is 0 Å². The first-order valence-electron chi connectivity index (χ1n) is 10.3. The zero-order chi connectivity index (χ0) is 19.7. The molecule has 2 saturated heterocycles. The van der Waals surface area contributed by atoms with Gasteiger partial charge in [-0.2, -0.15) is 0 Å². The van der Waals surface area contributed by atoms with Crippen LogP contribution in [0.5, 0.6) is 11.5 Å². The Hall–Kier alpha value is -1.83. The largest absolute Gasteiger partial charge is 0.454 e. The van der Waals surface area contributed by atoms with Crippen LogP contribution in [0, 0.1) is 0 Å². The van der Waals surface area contributed by atoms with Gasteiger partial charge in [-0.25, -0.2) is 0 Å². The fraction of sp³-hybridized carbons (Fsp3) is 0.667. The number of amides is 1. The molecule has 1 amide bonds. The van der Waals surface area contributed by atoms with E-state index in [1.165, 1.54) is 5.56 Å². The smallest absolute Gasteiger partial charge is 0.242 e. The van der Waals surface area contributed by atoms with Gasteiger partial charge in [0.25, 0.3) is 0 Å². The molecule has 0 aromatic heterocycles. The highest BCUT2D eigenvalue weighted by atomic mass is 16.7. The van der Waals surface area contributed by atoms with Crippen molar-refractivity contribution in [3.05, 3.63) is 23.8 Å². The first-order valence-corrected chi connectivity index (χ1v) is 10.3. The predicted molar refractivity (Wildman–Crippen MR) is 107 cm³/mol. The summed E-state index contributed by atoms with van der Waals surface area (Å²) in [6.07, 6.45) is 2.22. The number of carbonyl (C=O) groups excluding carboxylic acids is 1. The minimum atomic E-state index is -0.787. The van der Waals surface area contributed by atoms with Crippen molar-refractivity contribution in [3.8, 4) is 11.5 Å². The fourth-order valence-corrected chi connectivity index (χ4v) is 4.43. The molecule has 3 heterocycles. The summed E-state index contributed by atoms with van der Waals surface area (Å²) in [6, 6.07) is 6.67. The Kier molecular flexibility index (Phi) is 5.49. The number of hydrogen-bond donors (Lipinski definition) is 1. The Morgan fingerprint density at radius 3 is 2.64 bits per heavy atom. The summed E-state index contributed by atoms with van der Waals surface area (Å²) in [5.41, 5.74) is 6.51. The van der Waals surface area contributed by atoms with Gasteiger partial charge in [0.2, 0.25) is 12.7 Å². The van der Waals surface area contributed by atoms with Crippen LogP contribution in [0.3, 0.4) is 0 Å². The lowest BCUT2D eigenvalue weighted by Crippen LogP contribution is -2.59. The number of piperidine rings is 1. The summed E-state index contributed by atoms with van der Waals surface area (Å²) >= 11 is 0. The average molecular weight is 389 g/mol. The molecule has 28 heavy (non-hydrogen) atoms. The van der Waals surface area contributed by atoms with Crippen molar-refractivity contribution < 1.29 is 14.3 Å². The van der Waals surface area contributed by atoms with Crippen LogP contribution in [0.2, 0.25) is 0 Å². The van der Waals surface area contributed by atoms with E-state index < -0.39 is 5.54 Å². The number of rotatable bonds is 4. The molecule has 7 heteroatoms. The third-order valence-electron chi connectivity index (χ3n) is 6.00. The Bertz CT molecular complexity index is 710. The predicted octanol–water partition coefficient (Wildman–Crippen LogP) is 1.26. The zero-order valence-electron chi connectivity index (χ0n) is 17.0. The van der Waals surface area contributed by atoms with Crippen molar-refractivity contribution >= 4 is 5.91 Å². The van der Waals surface area contributed by atoms with Crippen LogP contribution >= 0.6 is 0 Å². The molecule has 3 aliphatic rings. The van der Waals surface area contributed by atoms with E-state index in [-0.39, 0.29) is 5.91 Å². The summed E-state index contributed by atoms with van der Waals surface area (Å²) in [6.45, 7) is 10.7. The van der Waals surface area contributed by atoms with Crippen LogP contribution in [-0.4, -0.2) is 78.2 Å². The van der Waals surface area contributed by atoms with Crippen LogP contribution in [0.1, 0.15) is 32.3 Å². The lowest BCUT2D eigenvalue weighted by Gasteiger charge is -2.44. The maximum absolute atomic E-state index is 12.5. The number of carbonyl (C=O) groups is 1. The Morgan fingerprint density at radius 2 is 1.89 bits per heavy atom. The van der Waals surface area contributed by atoms with E-state index in [0.717, 1.165) is 70.2 Å². The Balaban J connectivity index is 1.28. The quantitative estimate of drug-likeness (QED) is 0.837. The van der Waals surface area contributed by atoms with Gasteiger partial charge in [0.05, 0.1) is 5.54 Å². The van der Waals surface area contributed by atoms with Crippen molar-refractivity contribution in [2.24, 2.45) is 5.73 Å². The second-order valence-corrected chi connectivity index (χ2v) is 8.77. The molecule has 2 fully saturated rings. The number of nitrogens with zero attached hydrogens (tertiary/aromatic N) is 3. The number of fused-ring (bicyclic) bond motifs is 1. The number of hydrogen-bond acceptors (Lipinski definition) is 6. The highest BCUT2D eigenvalue weighted by Crippen LogP contribution is 2.33. The van der Waals surface area contributed by atoms with Gasteiger partial charge in [-0.1, -0.05) is 6.07 Å². The highest BCUT2D eigenvalue weighted by Gasteiger charge is 2.34. The molecule has 1 aromatic carbocycles. The summed E-state index contributed by atoms with van der Waals surface area (Å²) in [5, 5.41) is 0. The van der Waals surface area contributed by atoms with Crippen LogP contribution in [0.25, 0.3) is 0 Å². The Labute approximate surface area is 167 Å². The topological polar surface area (TPSA) is 71.3 Å². The molecule has 0 radical (unpaired) electrons. The van der Waals surface area contributed by atoms with Gasteiger partial charge in [-0.15, -0.1) is 0 Å². The summed E-state index contributed by atoms with van der Waals surface area (Å²) in [4.78, 5) is 19.5. The summed E-state index contributed by atoms with van der Waals surface area (Å²) in [5.74, 6) is 1.76. The normalized spacial score (nSPS) is 23.8. The monoisotopic (exact) mass is 388 g/mol. The average Bonchev–Trinajstić information content (AvgIpc) is 3.15. The molecule has 2 N–H and O–H groups in total. The molecule has 0 bridgehead atoms. The summed E-state index contributed by atoms with van der Waals surface area (Å²) < 4.78 is 10.9. The maximum Gasteiger partial charge on any atom is 0.242 e. The standard InChI is InChI=1S/C21H32N4O3/c1-21(2,22)20(26)25-7-3-4-17(14-25)24-10-8-23(9-11-24)13-16-5-6-18-19(12-16)28-15-27-18/h5-6,12,17H,3-4,7-11,13-15,22H2,1-2H3. The summed E-state index contributed by atoms with van der Waals surface area (Å²) in [7, 11) is 0. The number of nitrogens with two attached hydrogens (primary N) is 1. The van der Waals surface area contributed by atoms with E-state index in [2.05, 4.69) is 21.9 Å². The van der Waals surface area contributed by atoms with E-state index in [4.69, 9.17) is 15.2 Å². The molecule has 0 saturated carbocycles. The van der Waals surface area contributed by atoms with Crippen molar-refractivity contribution in [1.29, 1.82) is 0 Å². The lowest BCUT2D eigenvalue weighted by molar-refractivity contribution is -0.138. The minimum absolute atomic E-state index is 0.0682. The molecule has 4 rings (SSSR count). The van der Waals surface area contributed by atoms with Gasteiger partial charge in [0.1, 0.15) is 0 Å². The van der Waals surface area contributed by atoms with Crippen LogP contribution in [0.15, 0.2) is 18.2 Å². The zero-order valence-corrected chi connectivity index (χ0v) is 17.0. The molecule has 1 unspecified atom stereocenters. The molecular weight excluding hydrogens is 356 g/mol. The molecule has 7 nitrogen and oxygen atoms in total. The van der Waals surface area contributed by atoms with E-state index in [0.29, 0.717) is 12.8 Å². The van der Waals surface area contributed by atoms with Crippen LogP contribution in [-0.2, 0) is 11.3 Å². The van der Waals surface area contributed by atoms with Crippen molar-refractivity contribution in [2.75, 3.05) is 46.1 Å². The lowest BCUT2D eigenvalue weighted by atomic mass is 9.99. The van der Waals surface area contributed by atoms with Crippen molar-refractivity contribution in [1.82, 2.24) is 14.7 Å². The molecule has 3 aliphatic heterocycles. The second-order valence-electron chi connectivity index (χ2n) is 8.77. The first kappa shape index (κ1) is 19.5. The van der Waals surface area contributed by atoms with Gasteiger partial charge < -0.3 is 20.1 Å². The highest BCUT2D eigenvalue weighted by molar-refractivity contribution is 5.85. The Morgan fingerprint density at radius 1 is 1.14 bits per heavy atom. The fourth-order valence-electron chi connectivity index (χ4n) is 4.43. The molecule has 0 spiro atoms. The van der Waals surface area contributed by atoms with Gasteiger partial charge in [0, 0.05) is 51.9 Å². The number of benzene rings is 1. The van der Waals surface area contributed by atoms with E-state index >= 15 is 0 Å². The third-order valence-corrected chi connectivity index (χ3v) is 6.00.